The zero-order valence-corrected chi connectivity index (χ0v) is 12.2. The summed E-state index contributed by atoms with van der Waals surface area (Å²) in [6.07, 6.45) is 7.03. The van der Waals surface area contributed by atoms with E-state index in [4.69, 9.17) is 0 Å². The van der Waals surface area contributed by atoms with E-state index in [1.165, 1.54) is 25.7 Å². The lowest BCUT2D eigenvalue weighted by molar-refractivity contribution is 0.0958. The molecule has 3 heteroatoms. The van der Waals surface area contributed by atoms with Crippen LogP contribution in [0.15, 0.2) is 28.9 Å². The van der Waals surface area contributed by atoms with Crippen LogP contribution in [-0.4, -0.2) is 10.8 Å². The summed E-state index contributed by atoms with van der Waals surface area (Å²) in [5, 5.41) is 1.07. The van der Waals surface area contributed by atoms with Crippen molar-refractivity contribution in [2.45, 2.75) is 25.7 Å². The highest BCUT2D eigenvalue weighted by Gasteiger charge is 2.54. The van der Waals surface area contributed by atoms with E-state index in [0.29, 0.717) is 23.5 Å². The summed E-state index contributed by atoms with van der Waals surface area (Å²) in [6.45, 7) is 0. The molecule has 0 aliphatic heterocycles. The van der Waals surface area contributed by atoms with Crippen LogP contribution in [0.2, 0.25) is 0 Å². The largest absolute Gasteiger partial charge is 0.360 e. The molecule has 98 valence electrons. The van der Waals surface area contributed by atoms with Gasteiger partial charge < -0.3 is 4.98 Å². The average molecular weight is 318 g/mol. The maximum absolute atomic E-state index is 12.7. The molecule has 1 aromatic carbocycles. The molecule has 1 N–H and O–H groups in total. The van der Waals surface area contributed by atoms with Gasteiger partial charge in [0, 0.05) is 33.1 Å². The first kappa shape index (κ1) is 11.7. The van der Waals surface area contributed by atoms with E-state index >= 15 is 0 Å². The molecule has 4 rings (SSSR count). The molecular weight excluding hydrogens is 302 g/mol. The predicted octanol–water partition coefficient (Wildman–Crippen LogP) is 4.55. The number of hydrogen-bond acceptors (Lipinski definition) is 1. The lowest BCUT2D eigenvalue weighted by Crippen LogP contribution is -2.03. The summed E-state index contributed by atoms with van der Waals surface area (Å²) in [5.74, 6) is 2.04. The van der Waals surface area contributed by atoms with Gasteiger partial charge in [0.1, 0.15) is 0 Å². The fourth-order valence-corrected chi connectivity index (χ4v) is 4.22. The number of aromatic amines is 1. The zero-order valence-electron chi connectivity index (χ0n) is 10.7. The molecular formula is C16H16BrNO. The van der Waals surface area contributed by atoms with Crippen LogP contribution in [0.3, 0.4) is 0 Å². The molecule has 1 heterocycles. The van der Waals surface area contributed by atoms with Gasteiger partial charge in [0.05, 0.1) is 0 Å². The van der Waals surface area contributed by atoms with Crippen molar-refractivity contribution in [3.63, 3.8) is 0 Å². The summed E-state index contributed by atoms with van der Waals surface area (Å²) < 4.78 is 1.04. The lowest BCUT2D eigenvalue weighted by Gasteiger charge is -2.04. The van der Waals surface area contributed by atoms with Gasteiger partial charge in [-0.1, -0.05) is 34.8 Å². The molecule has 2 nitrogen and oxygen atoms in total. The van der Waals surface area contributed by atoms with Gasteiger partial charge >= 0.3 is 0 Å². The van der Waals surface area contributed by atoms with E-state index in [9.17, 15) is 4.79 Å². The molecule has 2 unspecified atom stereocenters. The van der Waals surface area contributed by atoms with E-state index in [2.05, 4.69) is 20.9 Å². The van der Waals surface area contributed by atoms with Gasteiger partial charge in [-0.05, 0) is 36.8 Å². The minimum absolute atomic E-state index is 0.310. The van der Waals surface area contributed by atoms with Crippen molar-refractivity contribution < 1.29 is 4.79 Å². The van der Waals surface area contributed by atoms with Crippen molar-refractivity contribution in [3.05, 3.63) is 34.4 Å². The molecule has 0 amide bonds. The standard InChI is InChI=1S/C16H16BrNO/c17-9-5-6-10-13(8-18-14(10)7-9)16(19)15-11-3-1-2-4-12(11)15/h5-8,11-12,15,18H,1-4H2. The molecule has 2 atom stereocenters. The van der Waals surface area contributed by atoms with Gasteiger partial charge in [0.2, 0.25) is 0 Å². The van der Waals surface area contributed by atoms with Crippen LogP contribution >= 0.6 is 15.9 Å². The third-order valence-electron chi connectivity index (χ3n) is 4.87. The number of hydrogen-bond donors (Lipinski definition) is 1. The molecule has 2 aliphatic rings. The summed E-state index contributed by atoms with van der Waals surface area (Å²) in [7, 11) is 0. The second-order valence-electron chi connectivity index (χ2n) is 5.89. The Balaban J connectivity index is 1.69. The highest BCUT2D eigenvalue weighted by Crippen LogP contribution is 2.56. The Morgan fingerprint density at radius 3 is 2.68 bits per heavy atom. The van der Waals surface area contributed by atoms with Crippen molar-refractivity contribution >= 4 is 32.6 Å². The first-order valence-electron chi connectivity index (χ1n) is 7.06. The number of aromatic nitrogens is 1. The van der Waals surface area contributed by atoms with Gasteiger partial charge in [0.25, 0.3) is 0 Å². The van der Waals surface area contributed by atoms with Crippen molar-refractivity contribution in [2.75, 3.05) is 0 Å². The monoisotopic (exact) mass is 317 g/mol. The van der Waals surface area contributed by atoms with E-state index in [1.54, 1.807) is 0 Å². The molecule has 0 saturated heterocycles. The summed E-state index contributed by atoms with van der Waals surface area (Å²) in [6, 6.07) is 6.08. The summed E-state index contributed by atoms with van der Waals surface area (Å²) in [4.78, 5) is 15.9. The third-order valence-corrected chi connectivity index (χ3v) is 5.36. The SMILES string of the molecule is O=C(c1c[nH]c2cc(Br)ccc12)C1C2CCCCC21. The van der Waals surface area contributed by atoms with Gasteiger partial charge in [-0.15, -0.1) is 0 Å². The van der Waals surface area contributed by atoms with E-state index < -0.39 is 0 Å². The first-order valence-corrected chi connectivity index (χ1v) is 7.86. The fraction of sp³-hybridized carbons (Fsp3) is 0.438. The average Bonchev–Trinajstić information content (AvgIpc) is 3.01. The quantitative estimate of drug-likeness (QED) is 0.810. The smallest absolute Gasteiger partial charge is 0.168 e. The molecule has 0 radical (unpaired) electrons. The van der Waals surface area contributed by atoms with Crippen LogP contribution in [0, 0.1) is 17.8 Å². The minimum Gasteiger partial charge on any atom is -0.360 e. The van der Waals surface area contributed by atoms with Crippen molar-refractivity contribution in [3.8, 4) is 0 Å². The normalized spacial score (nSPS) is 29.2. The zero-order chi connectivity index (χ0) is 13.0. The Morgan fingerprint density at radius 1 is 1.21 bits per heavy atom. The van der Waals surface area contributed by atoms with Gasteiger partial charge in [-0.3, -0.25) is 4.79 Å². The number of fused-ring (bicyclic) bond motifs is 2. The number of benzene rings is 1. The Labute approximate surface area is 120 Å². The number of Topliss-reactive ketones (excluding diaryl/α,β-unsaturated/α-hetero) is 1. The Kier molecular flexibility index (Phi) is 2.59. The highest BCUT2D eigenvalue weighted by molar-refractivity contribution is 9.10. The van der Waals surface area contributed by atoms with E-state index in [1.807, 2.05) is 24.4 Å². The Hall–Kier alpha value is -1.09. The summed E-state index contributed by atoms with van der Waals surface area (Å²) in [5.41, 5.74) is 1.93. The van der Waals surface area contributed by atoms with E-state index in [0.717, 1.165) is 20.9 Å². The first-order chi connectivity index (χ1) is 9.25. The molecule has 1 aromatic heterocycles. The number of nitrogens with one attached hydrogen (secondary N) is 1. The molecule has 2 saturated carbocycles. The molecule has 2 aliphatic carbocycles. The summed E-state index contributed by atoms with van der Waals surface area (Å²) >= 11 is 3.46. The van der Waals surface area contributed by atoms with Crippen LogP contribution in [0.25, 0.3) is 10.9 Å². The number of ketones is 1. The lowest BCUT2D eigenvalue weighted by atomic mass is 10.0. The highest BCUT2D eigenvalue weighted by atomic mass is 79.9. The minimum atomic E-state index is 0.310. The topological polar surface area (TPSA) is 32.9 Å². The van der Waals surface area contributed by atoms with Crippen molar-refractivity contribution in [2.24, 2.45) is 17.8 Å². The van der Waals surface area contributed by atoms with E-state index in [-0.39, 0.29) is 0 Å². The molecule has 2 aromatic rings. The molecule has 0 spiro atoms. The molecule has 19 heavy (non-hydrogen) atoms. The second-order valence-corrected chi connectivity index (χ2v) is 6.81. The number of halogens is 1. The number of carbonyl (C=O) groups is 1. The number of carbonyl (C=O) groups excluding carboxylic acids is 1. The van der Waals surface area contributed by atoms with Crippen molar-refractivity contribution in [1.82, 2.24) is 4.98 Å². The maximum Gasteiger partial charge on any atom is 0.168 e. The van der Waals surface area contributed by atoms with Gasteiger partial charge in [-0.25, -0.2) is 0 Å². The Morgan fingerprint density at radius 2 is 1.95 bits per heavy atom. The fourth-order valence-electron chi connectivity index (χ4n) is 3.86. The predicted molar refractivity (Wildman–Crippen MR) is 79.3 cm³/mol. The number of rotatable bonds is 2. The van der Waals surface area contributed by atoms with Crippen LogP contribution in [0.1, 0.15) is 36.0 Å². The van der Waals surface area contributed by atoms with Crippen LogP contribution in [-0.2, 0) is 0 Å². The third kappa shape index (κ3) is 1.78. The molecule has 2 fully saturated rings. The second kappa shape index (κ2) is 4.20. The van der Waals surface area contributed by atoms with Crippen LogP contribution in [0.4, 0.5) is 0 Å². The Bertz CT molecular complexity index is 648. The van der Waals surface area contributed by atoms with Crippen LogP contribution < -0.4 is 0 Å². The maximum atomic E-state index is 12.7. The molecule has 0 bridgehead atoms. The van der Waals surface area contributed by atoms with Crippen molar-refractivity contribution in [1.29, 1.82) is 0 Å². The number of H-pyrrole nitrogens is 1. The van der Waals surface area contributed by atoms with Gasteiger partial charge in [0.15, 0.2) is 5.78 Å². The van der Waals surface area contributed by atoms with Gasteiger partial charge in [-0.2, -0.15) is 0 Å². The van der Waals surface area contributed by atoms with Crippen LogP contribution in [0.5, 0.6) is 0 Å².